The van der Waals surface area contributed by atoms with Crippen molar-refractivity contribution in [3.63, 3.8) is 0 Å². The van der Waals surface area contributed by atoms with E-state index in [1.807, 2.05) is 0 Å². The van der Waals surface area contributed by atoms with Crippen LogP contribution >= 0.6 is 0 Å². The first kappa shape index (κ1) is 21.7. The number of esters is 1. The third-order valence-electron chi connectivity index (χ3n) is 9.58. The van der Waals surface area contributed by atoms with Gasteiger partial charge in [0.25, 0.3) is 0 Å². The topological polar surface area (TPSA) is 26.3 Å². The summed E-state index contributed by atoms with van der Waals surface area (Å²) in [5, 5.41) is 0. The van der Waals surface area contributed by atoms with Crippen molar-refractivity contribution < 1.29 is 9.53 Å². The lowest BCUT2D eigenvalue weighted by Crippen LogP contribution is -2.50. The Kier molecular flexibility index (Phi) is 5.68. The maximum Gasteiger partial charge on any atom is 0.302 e. The molecule has 2 nitrogen and oxygen atoms in total. The molecule has 5 rings (SSSR count). The van der Waals surface area contributed by atoms with Crippen molar-refractivity contribution in [1.29, 1.82) is 0 Å². The van der Waals surface area contributed by atoms with Gasteiger partial charge < -0.3 is 4.74 Å². The fraction of sp³-hybridized carbons (Fsp3) is 0.567. The van der Waals surface area contributed by atoms with E-state index >= 15 is 0 Å². The van der Waals surface area contributed by atoms with Crippen LogP contribution in [0.3, 0.4) is 0 Å². The molecule has 2 saturated carbocycles. The molecule has 0 amide bonds. The first-order valence-electron chi connectivity index (χ1n) is 12.7. The van der Waals surface area contributed by atoms with Gasteiger partial charge in [-0.15, -0.1) is 0 Å². The van der Waals surface area contributed by atoms with Gasteiger partial charge in [0.05, 0.1) is 0 Å². The molecule has 1 unspecified atom stereocenters. The van der Waals surface area contributed by atoms with Crippen LogP contribution in [0.5, 0.6) is 0 Å². The van der Waals surface area contributed by atoms with Gasteiger partial charge in [0.15, 0.2) is 0 Å². The summed E-state index contributed by atoms with van der Waals surface area (Å²) in [6.07, 6.45) is 19.2. The molecule has 2 fully saturated rings. The zero-order valence-electron chi connectivity index (χ0n) is 20.0. The highest BCUT2D eigenvalue weighted by molar-refractivity contribution is 5.66. The van der Waals surface area contributed by atoms with E-state index in [4.69, 9.17) is 4.74 Å². The summed E-state index contributed by atoms with van der Waals surface area (Å²) in [5.41, 5.74) is 5.21. The molecule has 0 radical (unpaired) electrons. The number of hydrogen-bond donors (Lipinski definition) is 0. The quantitative estimate of drug-likeness (QED) is 0.365. The predicted molar refractivity (Wildman–Crippen MR) is 131 cm³/mol. The molecule has 0 saturated heterocycles. The summed E-state index contributed by atoms with van der Waals surface area (Å²) < 4.78 is 5.60. The second-order valence-electron chi connectivity index (χ2n) is 11.2. The Labute approximate surface area is 193 Å². The van der Waals surface area contributed by atoms with E-state index in [0.29, 0.717) is 10.8 Å². The molecule has 4 aliphatic rings. The first-order valence-corrected chi connectivity index (χ1v) is 12.7. The fourth-order valence-electron chi connectivity index (χ4n) is 7.82. The van der Waals surface area contributed by atoms with Gasteiger partial charge >= 0.3 is 5.97 Å². The third kappa shape index (κ3) is 3.70. The maximum atomic E-state index is 11.5. The van der Waals surface area contributed by atoms with Gasteiger partial charge in [0.1, 0.15) is 6.10 Å². The van der Waals surface area contributed by atoms with E-state index in [2.05, 4.69) is 68.5 Å². The molecule has 0 bridgehead atoms. The van der Waals surface area contributed by atoms with E-state index in [0.717, 1.165) is 37.0 Å². The van der Waals surface area contributed by atoms with Gasteiger partial charge in [-0.3, -0.25) is 4.79 Å². The molecule has 0 aliphatic heterocycles. The Morgan fingerprint density at radius 2 is 1.81 bits per heavy atom. The van der Waals surface area contributed by atoms with Crippen LogP contribution in [0.1, 0.15) is 77.7 Å². The number of hydrogen-bond acceptors (Lipinski definition) is 2. The van der Waals surface area contributed by atoms with Crippen molar-refractivity contribution >= 4 is 12.0 Å². The third-order valence-corrected chi connectivity index (χ3v) is 9.58. The summed E-state index contributed by atoms with van der Waals surface area (Å²) in [6, 6.07) is 10.7. The highest BCUT2D eigenvalue weighted by atomic mass is 16.5. The number of carbonyl (C=O) groups is 1. The molecule has 4 aliphatic carbocycles. The van der Waals surface area contributed by atoms with Crippen LogP contribution in [0.4, 0.5) is 0 Å². The largest absolute Gasteiger partial charge is 0.462 e. The molecule has 32 heavy (non-hydrogen) atoms. The van der Waals surface area contributed by atoms with E-state index in [-0.39, 0.29) is 12.1 Å². The minimum absolute atomic E-state index is 0.0911. The smallest absolute Gasteiger partial charge is 0.302 e. The lowest BCUT2D eigenvalue weighted by atomic mass is 9.47. The number of fused-ring (bicyclic) bond motifs is 5. The van der Waals surface area contributed by atoms with Crippen molar-refractivity contribution in [2.45, 2.75) is 78.2 Å². The SMILES string of the molecule is CC(=O)OC1CC[C@@]2(C)C(=CC[C@@H]3[C@@H]2CC[C@]2(C)C(C/C=C/c4ccccc4)=CC[C@@H]32)C1. The molecular weight excluding hydrogens is 392 g/mol. The number of allylic oxidation sites excluding steroid dienone is 4. The Hall–Kier alpha value is -2.09. The number of carbonyl (C=O) groups excluding carboxylic acids is 1. The van der Waals surface area contributed by atoms with E-state index in [1.165, 1.54) is 37.7 Å². The zero-order chi connectivity index (χ0) is 22.3. The van der Waals surface area contributed by atoms with Crippen LogP contribution < -0.4 is 0 Å². The molecule has 2 heteroatoms. The van der Waals surface area contributed by atoms with Gasteiger partial charge in [0, 0.05) is 13.3 Å². The molecule has 0 N–H and O–H groups in total. The summed E-state index contributed by atoms with van der Waals surface area (Å²) in [6.45, 7) is 6.62. The van der Waals surface area contributed by atoms with E-state index in [9.17, 15) is 4.79 Å². The van der Waals surface area contributed by atoms with Crippen LogP contribution in [0.15, 0.2) is 59.7 Å². The zero-order valence-corrected chi connectivity index (χ0v) is 20.0. The second-order valence-corrected chi connectivity index (χ2v) is 11.2. The van der Waals surface area contributed by atoms with Gasteiger partial charge in [-0.25, -0.2) is 0 Å². The van der Waals surface area contributed by atoms with Gasteiger partial charge in [0.2, 0.25) is 0 Å². The first-order chi connectivity index (χ1) is 15.4. The molecule has 1 aromatic rings. The summed E-state index contributed by atoms with van der Waals surface area (Å²) in [4.78, 5) is 11.5. The lowest BCUT2D eigenvalue weighted by Gasteiger charge is -2.57. The van der Waals surface area contributed by atoms with Crippen molar-refractivity contribution in [3.05, 3.63) is 65.3 Å². The Bertz CT molecular complexity index is 954. The van der Waals surface area contributed by atoms with E-state index < -0.39 is 0 Å². The number of benzene rings is 1. The van der Waals surface area contributed by atoms with Crippen LogP contribution in [-0.2, 0) is 9.53 Å². The van der Waals surface area contributed by atoms with Crippen LogP contribution in [0.25, 0.3) is 6.08 Å². The Morgan fingerprint density at radius 1 is 1.03 bits per heavy atom. The molecule has 170 valence electrons. The predicted octanol–water partition coefficient (Wildman–Crippen LogP) is 7.52. The molecule has 6 atom stereocenters. The summed E-state index contributed by atoms with van der Waals surface area (Å²) >= 11 is 0. The highest BCUT2D eigenvalue weighted by Gasteiger charge is 2.56. The van der Waals surface area contributed by atoms with Gasteiger partial charge in [-0.2, -0.15) is 0 Å². The minimum atomic E-state index is -0.132. The highest BCUT2D eigenvalue weighted by Crippen LogP contribution is 2.65. The Balaban J connectivity index is 1.30. The van der Waals surface area contributed by atoms with Crippen LogP contribution in [-0.4, -0.2) is 12.1 Å². The maximum absolute atomic E-state index is 11.5. The van der Waals surface area contributed by atoms with Gasteiger partial charge in [-0.05, 0) is 79.1 Å². The van der Waals surface area contributed by atoms with Crippen molar-refractivity contribution in [2.24, 2.45) is 28.6 Å². The van der Waals surface area contributed by atoms with Crippen LogP contribution in [0.2, 0.25) is 0 Å². The van der Waals surface area contributed by atoms with Crippen LogP contribution in [0, 0.1) is 28.6 Å². The normalized spacial score (nSPS) is 38.3. The van der Waals surface area contributed by atoms with Crippen molar-refractivity contribution in [3.8, 4) is 0 Å². The number of rotatable bonds is 4. The monoisotopic (exact) mass is 430 g/mol. The fourth-order valence-corrected chi connectivity index (χ4v) is 7.82. The molecule has 0 heterocycles. The molecule has 1 aromatic carbocycles. The van der Waals surface area contributed by atoms with Crippen molar-refractivity contribution in [1.82, 2.24) is 0 Å². The Morgan fingerprint density at radius 3 is 2.59 bits per heavy atom. The molecular formula is C30H38O2. The van der Waals surface area contributed by atoms with Gasteiger partial charge in [-0.1, -0.05) is 79.6 Å². The average Bonchev–Trinajstić information content (AvgIpc) is 3.11. The second kappa shape index (κ2) is 8.36. The number of ether oxygens (including phenoxy) is 1. The molecule has 0 aromatic heterocycles. The summed E-state index contributed by atoms with van der Waals surface area (Å²) in [5.74, 6) is 2.22. The van der Waals surface area contributed by atoms with Crippen molar-refractivity contribution in [2.75, 3.05) is 0 Å². The molecule has 0 spiro atoms. The standard InChI is InChI=1S/C30H38O2/c1-21(31)32-25-16-18-30(3)24(20-25)12-14-26-27-15-13-23(29(27,2)19-17-28(26)30)11-7-10-22-8-5-4-6-9-22/h4-10,12-13,25-28H,11,14-20H2,1-3H3/b10-7+/t25?,26-,27-,28-,29+,30-/m0/s1. The average molecular weight is 431 g/mol. The lowest BCUT2D eigenvalue weighted by molar-refractivity contribution is -0.148. The van der Waals surface area contributed by atoms with E-state index in [1.54, 1.807) is 18.1 Å². The minimum Gasteiger partial charge on any atom is -0.462 e. The summed E-state index contributed by atoms with van der Waals surface area (Å²) in [7, 11) is 0.